The Morgan fingerprint density at radius 3 is 3.06 bits per heavy atom. The molecule has 0 saturated carbocycles. The summed E-state index contributed by atoms with van der Waals surface area (Å²) in [6.07, 6.45) is 8.21. The molecular formula is C12H19NO2S. The van der Waals surface area contributed by atoms with Crippen molar-refractivity contribution >= 4 is 17.4 Å². The molecule has 1 fully saturated rings. The Bertz CT molecular complexity index is 280. The van der Waals surface area contributed by atoms with Crippen LogP contribution < -0.4 is 5.32 Å². The molecule has 3 nitrogen and oxygen atoms in total. The van der Waals surface area contributed by atoms with E-state index in [9.17, 15) is 0 Å². The number of thiocarbonyl (C=S) groups is 1. The Hall–Kier alpha value is -0.610. The summed E-state index contributed by atoms with van der Waals surface area (Å²) in [6, 6.07) is 0. The van der Waals surface area contributed by atoms with Gasteiger partial charge in [-0.3, -0.25) is 0 Å². The van der Waals surface area contributed by atoms with Crippen LogP contribution in [0.2, 0.25) is 0 Å². The average Bonchev–Trinajstić information content (AvgIpc) is 2.88. The quantitative estimate of drug-likeness (QED) is 0.453. The van der Waals surface area contributed by atoms with Gasteiger partial charge in [0.15, 0.2) is 0 Å². The van der Waals surface area contributed by atoms with Crippen LogP contribution in [0.1, 0.15) is 26.2 Å². The molecule has 16 heavy (non-hydrogen) atoms. The number of hydrogen-bond donors (Lipinski definition) is 1. The molecule has 0 spiro atoms. The topological polar surface area (TPSA) is 30.5 Å². The van der Waals surface area contributed by atoms with Crippen LogP contribution in [0.3, 0.4) is 0 Å². The van der Waals surface area contributed by atoms with E-state index < -0.39 is 0 Å². The van der Waals surface area contributed by atoms with Crippen LogP contribution in [-0.2, 0) is 9.47 Å². The van der Waals surface area contributed by atoms with Crippen LogP contribution in [0.5, 0.6) is 0 Å². The van der Waals surface area contributed by atoms with E-state index >= 15 is 0 Å². The highest BCUT2D eigenvalue weighted by Gasteiger charge is 2.37. The number of rotatable bonds is 5. The molecule has 90 valence electrons. The predicted molar refractivity (Wildman–Crippen MR) is 67.4 cm³/mol. The van der Waals surface area contributed by atoms with Gasteiger partial charge in [-0.05, 0) is 25.1 Å². The van der Waals surface area contributed by atoms with Crippen molar-refractivity contribution in [3.8, 4) is 0 Å². The molecule has 1 N–H and O–H groups in total. The first-order valence-electron chi connectivity index (χ1n) is 6.04. The van der Waals surface area contributed by atoms with Crippen LogP contribution in [0.4, 0.5) is 0 Å². The van der Waals surface area contributed by atoms with Gasteiger partial charge in [0.05, 0.1) is 18.8 Å². The molecule has 3 atom stereocenters. The SMILES string of the molecule is CCCCNC(=S)OCC1CC2C=CC1O2. The molecule has 0 amide bonds. The zero-order chi connectivity index (χ0) is 11.4. The number of nitrogens with one attached hydrogen (secondary N) is 1. The lowest BCUT2D eigenvalue weighted by Crippen LogP contribution is -2.29. The third-order valence-corrected chi connectivity index (χ3v) is 3.34. The first kappa shape index (κ1) is 11.9. The van der Waals surface area contributed by atoms with Gasteiger partial charge in [-0.2, -0.15) is 0 Å². The van der Waals surface area contributed by atoms with Gasteiger partial charge in [0.25, 0.3) is 5.17 Å². The molecule has 0 aromatic heterocycles. The highest BCUT2D eigenvalue weighted by molar-refractivity contribution is 7.80. The van der Waals surface area contributed by atoms with E-state index in [0.29, 0.717) is 23.8 Å². The summed E-state index contributed by atoms with van der Waals surface area (Å²) in [5.41, 5.74) is 0. The monoisotopic (exact) mass is 241 g/mol. The fourth-order valence-corrected chi connectivity index (χ4v) is 2.29. The van der Waals surface area contributed by atoms with Gasteiger partial charge in [-0.1, -0.05) is 25.5 Å². The second-order valence-corrected chi connectivity index (χ2v) is 4.77. The van der Waals surface area contributed by atoms with Gasteiger partial charge < -0.3 is 14.8 Å². The highest BCUT2D eigenvalue weighted by Crippen LogP contribution is 2.33. The predicted octanol–water partition coefficient (Wildman–Crippen LogP) is 2.02. The maximum Gasteiger partial charge on any atom is 0.256 e. The van der Waals surface area contributed by atoms with Crippen molar-refractivity contribution in [1.82, 2.24) is 5.32 Å². The summed E-state index contributed by atoms with van der Waals surface area (Å²) >= 11 is 5.10. The van der Waals surface area contributed by atoms with E-state index in [1.54, 1.807) is 0 Å². The molecule has 2 aliphatic heterocycles. The van der Waals surface area contributed by atoms with Crippen molar-refractivity contribution in [1.29, 1.82) is 0 Å². The molecule has 0 aromatic rings. The number of fused-ring (bicyclic) bond motifs is 2. The standard InChI is InChI=1S/C12H19NO2S/c1-2-3-6-13-12(16)14-8-9-7-10-4-5-11(9)15-10/h4-5,9-11H,2-3,6-8H2,1H3,(H,13,16). The second kappa shape index (κ2) is 5.64. The molecule has 2 bridgehead atoms. The minimum absolute atomic E-state index is 0.253. The normalized spacial score (nSPS) is 30.7. The minimum atomic E-state index is 0.253. The summed E-state index contributed by atoms with van der Waals surface area (Å²) < 4.78 is 11.2. The Balaban J connectivity index is 1.61. The van der Waals surface area contributed by atoms with E-state index in [4.69, 9.17) is 21.7 Å². The van der Waals surface area contributed by atoms with Gasteiger partial charge in [0, 0.05) is 12.5 Å². The van der Waals surface area contributed by atoms with Gasteiger partial charge in [0.1, 0.15) is 0 Å². The molecule has 0 aromatic carbocycles. The van der Waals surface area contributed by atoms with E-state index in [0.717, 1.165) is 19.4 Å². The molecule has 3 unspecified atom stereocenters. The Morgan fingerprint density at radius 1 is 1.56 bits per heavy atom. The Labute approximate surface area is 102 Å². The molecule has 1 saturated heterocycles. The summed E-state index contributed by atoms with van der Waals surface area (Å²) in [7, 11) is 0. The zero-order valence-corrected chi connectivity index (χ0v) is 10.5. The van der Waals surface area contributed by atoms with Crippen molar-refractivity contribution in [3.63, 3.8) is 0 Å². The van der Waals surface area contributed by atoms with Crippen molar-refractivity contribution in [3.05, 3.63) is 12.2 Å². The van der Waals surface area contributed by atoms with Crippen LogP contribution in [0, 0.1) is 5.92 Å². The van der Waals surface area contributed by atoms with Crippen molar-refractivity contribution < 1.29 is 9.47 Å². The first-order valence-corrected chi connectivity index (χ1v) is 6.45. The van der Waals surface area contributed by atoms with Crippen LogP contribution >= 0.6 is 12.2 Å². The second-order valence-electron chi connectivity index (χ2n) is 4.40. The highest BCUT2D eigenvalue weighted by atomic mass is 32.1. The van der Waals surface area contributed by atoms with Crippen LogP contribution in [-0.4, -0.2) is 30.5 Å². The van der Waals surface area contributed by atoms with Gasteiger partial charge in [-0.25, -0.2) is 0 Å². The van der Waals surface area contributed by atoms with Gasteiger partial charge >= 0.3 is 0 Å². The smallest absolute Gasteiger partial charge is 0.256 e. The van der Waals surface area contributed by atoms with Crippen molar-refractivity contribution in [2.75, 3.05) is 13.2 Å². The third kappa shape index (κ3) is 2.95. The molecule has 2 rings (SSSR count). The number of ether oxygens (including phenoxy) is 2. The average molecular weight is 241 g/mol. The lowest BCUT2D eigenvalue weighted by molar-refractivity contribution is 0.0965. The van der Waals surface area contributed by atoms with Gasteiger partial charge in [0.2, 0.25) is 0 Å². The van der Waals surface area contributed by atoms with E-state index in [1.165, 1.54) is 6.42 Å². The zero-order valence-electron chi connectivity index (χ0n) is 9.65. The van der Waals surface area contributed by atoms with Crippen LogP contribution in [0.15, 0.2) is 12.2 Å². The van der Waals surface area contributed by atoms with Gasteiger partial charge in [-0.15, -0.1) is 0 Å². The fraction of sp³-hybridized carbons (Fsp3) is 0.750. The Kier molecular flexibility index (Phi) is 4.18. The fourth-order valence-electron chi connectivity index (χ4n) is 2.12. The van der Waals surface area contributed by atoms with Crippen LogP contribution in [0.25, 0.3) is 0 Å². The molecule has 2 aliphatic rings. The maximum atomic E-state index is 5.66. The summed E-state index contributed by atoms with van der Waals surface area (Å²) in [4.78, 5) is 0. The molecule has 0 radical (unpaired) electrons. The minimum Gasteiger partial charge on any atom is -0.471 e. The van der Waals surface area contributed by atoms with E-state index in [1.807, 2.05) is 0 Å². The molecule has 0 aliphatic carbocycles. The summed E-state index contributed by atoms with van der Waals surface area (Å²) in [5, 5.41) is 3.63. The van der Waals surface area contributed by atoms with Crippen molar-refractivity contribution in [2.24, 2.45) is 5.92 Å². The first-order chi connectivity index (χ1) is 7.79. The molecule has 2 heterocycles. The lowest BCUT2D eigenvalue weighted by Gasteiger charge is -2.17. The van der Waals surface area contributed by atoms with E-state index in [-0.39, 0.29) is 6.10 Å². The molecule has 4 heteroatoms. The molecular weight excluding hydrogens is 222 g/mol. The summed E-state index contributed by atoms with van der Waals surface area (Å²) in [6.45, 7) is 3.73. The van der Waals surface area contributed by atoms with Crippen molar-refractivity contribution in [2.45, 2.75) is 38.4 Å². The maximum absolute atomic E-state index is 5.66. The summed E-state index contributed by atoms with van der Waals surface area (Å²) in [5.74, 6) is 0.473. The number of unbranched alkanes of at least 4 members (excludes halogenated alkanes) is 1. The Morgan fingerprint density at radius 2 is 2.44 bits per heavy atom. The largest absolute Gasteiger partial charge is 0.471 e. The van der Waals surface area contributed by atoms with E-state index in [2.05, 4.69) is 24.4 Å². The number of hydrogen-bond acceptors (Lipinski definition) is 3. The lowest BCUT2D eigenvalue weighted by atomic mass is 9.95. The third-order valence-electron chi connectivity index (χ3n) is 3.08.